The highest BCUT2D eigenvalue weighted by molar-refractivity contribution is 5.50. The number of rotatable bonds is 6. The summed E-state index contributed by atoms with van der Waals surface area (Å²) in [7, 11) is 0. The summed E-state index contributed by atoms with van der Waals surface area (Å²) in [6.07, 6.45) is 10.6. The summed E-state index contributed by atoms with van der Waals surface area (Å²) in [4.78, 5) is 11.3. The third kappa shape index (κ3) is 6.41. The van der Waals surface area contributed by atoms with Crippen LogP contribution in [0.2, 0.25) is 0 Å². The molecule has 0 bridgehead atoms. The van der Waals surface area contributed by atoms with Crippen LogP contribution in [0.4, 0.5) is 4.39 Å². The Hall–Kier alpha value is -2.27. The number of ether oxygens (including phenoxy) is 1. The standard InChI is InChI=1S/C23H30FN3O/c1-23(2,3)28-22-17-25-16-20(26-22)12-15-27-13-10-18(11-14-27)8-9-19-6-4-5-7-21(19)24/h4-9,16-18H,10-15H2,1-3H3/b9-8+. The van der Waals surface area contributed by atoms with Crippen molar-refractivity contribution < 1.29 is 9.13 Å². The van der Waals surface area contributed by atoms with Gasteiger partial charge in [-0.25, -0.2) is 9.37 Å². The molecule has 0 N–H and O–H groups in total. The van der Waals surface area contributed by atoms with E-state index in [1.54, 1.807) is 12.3 Å². The van der Waals surface area contributed by atoms with Crippen LogP contribution in [0, 0.1) is 11.7 Å². The van der Waals surface area contributed by atoms with Gasteiger partial charge in [0.25, 0.3) is 0 Å². The number of nitrogens with zero attached hydrogens (tertiary/aromatic N) is 3. The molecule has 0 unspecified atom stereocenters. The Bertz CT molecular complexity index is 792. The number of hydrogen-bond donors (Lipinski definition) is 0. The van der Waals surface area contributed by atoms with Crippen LogP contribution in [0.3, 0.4) is 0 Å². The van der Waals surface area contributed by atoms with Crippen molar-refractivity contribution in [2.24, 2.45) is 5.92 Å². The molecule has 1 aromatic carbocycles. The SMILES string of the molecule is CC(C)(C)Oc1cncc(CCN2CCC(/C=C/c3ccccc3F)CC2)n1. The number of piperidine rings is 1. The molecular formula is C23H30FN3O. The van der Waals surface area contributed by atoms with Gasteiger partial charge in [-0.05, 0) is 58.7 Å². The zero-order valence-electron chi connectivity index (χ0n) is 17.1. The molecule has 1 aromatic heterocycles. The van der Waals surface area contributed by atoms with E-state index in [2.05, 4.69) is 20.9 Å². The molecule has 2 aromatic rings. The van der Waals surface area contributed by atoms with E-state index in [0.29, 0.717) is 17.4 Å². The van der Waals surface area contributed by atoms with Gasteiger partial charge in [0.15, 0.2) is 0 Å². The number of halogens is 1. The lowest BCUT2D eigenvalue weighted by Gasteiger charge is -2.30. The van der Waals surface area contributed by atoms with Crippen LogP contribution in [0.5, 0.6) is 5.88 Å². The molecule has 0 radical (unpaired) electrons. The van der Waals surface area contributed by atoms with E-state index in [-0.39, 0.29) is 11.4 Å². The summed E-state index contributed by atoms with van der Waals surface area (Å²) < 4.78 is 19.5. The van der Waals surface area contributed by atoms with E-state index in [1.807, 2.05) is 45.2 Å². The summed E-state index contributed by atoms with van der Waals surface area (Å²) in [5, 5.41) is 0. The zero-order valence-corrected chi connectivity index (χ0v) is 17.1. The van der Waals surface area contributed by atoms with Crippen LogP contribution in [0.1, 0.15) is 44.9 Å². The highest BCUT2D eigenvalue weighted by Gasteiger charge is 2.18. The lowest BCUT2D eigenvalue weighted by molar-refractivity contribution is 0.123. The van der Waals surface area contributed by atoms with Gasteiger partial charge in [0.05, 0.1) is 11.9 Å². The van der Waals surface area contributed by atoms with E-state index in [1.165, 1.54) is 6.07 Å². The van der Waals surface area contributed by atoms with E-state index >= 15 is 0 Å². The van der Waals surface area contributed by atoms with E-state index in [0.717, 1.165) is 44.6 Å². The van der Waals surface area contributed by atoms with Gasteiger partial charge >= 0.3 is 0 Å². The molecule has 4 nitrogen and oxygen atoms in total. The fourth-order valence-electron chi connectivity index (χ4n) is 3.36. The Morgan fingerprint density at radius 3 is 2.64 bits per heavy atom. The van der Waals surface area contributed by atoms with Gasteiger partial charge in [0, 0.05) is 24.7 Å². The molecule has 0 aliphatic carbocycles. The van der Waals surface area contributed by atoms with Crippen LogP contribution in [-0.2, 0) is 6.42 Å². The Kier molecular flexibility index (Phi) is 6.79. The molecule has 3 rings (SSSR count). The average molecular weight is 384 g/mol. The molecule has 0 atom stereocenters. The predicted molar refractivity (Wildman–Crippen MR) is 111 cm³/mol. The fraction of sp³-hybridized carbons (Fsp3) is 0.478. The second-order valence-corrected chi connectivity index (χ2v) is 8.37. The Morgan fingerprint density at radius 1 is 1.18 bits per heavy atom. The molecule has 5 heteroatoms. The third-order valence-corrected chi connectivity index (χ3v) is 4.84. The Morgan fingerprint density at radius 2 is 1.93 bits per heavy atom. The topological polar surface area (TPSA) is 38.2 Å². The average Bonchev–Trinajstić information content (AvgIpc) is 2.65. The van der Waals surface area contributed by atoms with Crippen molar-refractivity contribution in [1.29, 1.82) is 0 Å². The van der Waals surface area contributed by atoms with Crippen molar-refractivity contribution in [2.75, 3.05) is 19.6 Å². The fourth-order valence-corrected chi connectivity index (χ4v) is 3.36. The van der Waals surface area contributed by atoms with Gasteiger partial charge in [-0.3, -0.25) is 4.98 Å². The number of likely N-dealkylation sites (tertiary alicyclic amines) is 1. The lowest BCUT2D eigenvalue weighted by atomic mass is 9.95. The summed E-state index contributed by atoms with van der Waals surface area (Å²) in [6.45, 7) is 9.09. The quantitative estimate of drug-likeness (QED) is 0.721. The van der Waals surface area contributed by atoms with Gasteiger partial charge in [0.2, 0.25) is 5.88 Å². The van der Waals surface area contributed by atoms with Crippen LogP contribution in [0.25, 0.3) is 6.08 Å². The highest BCUT2D eigenvalue weighted by Crippen LogP contribution is 2.21. The van der Waals surface area contributed by atoms with Gasteiger partial charge in [-0.2, -0.15) is 0 Å². The molecule has 0 spiro atoms. The first kappa shape index (κ1) is 20.5. The normalized spacial score (nSPS) is 16.6. The molecule has 0 amide bonds. The first-order valence-electron chi connectivity index (χ1n) is 10.0. The Labute approximate surface area is 167 Å². The molecule has 0 saturated carbocycles. The van der Waals surface area contributed by atoms with Crippen molar-refractivity contribution in [3.8, 4) is 5.88 Å². The van der Waals surface area contributed by atoms with E-state index < -0.39 is 0 Å². The number of allylic oxidation sites excluding steroid dienone is 1. The second-order valence-electron chi connectivity index (χ2n) is 8.37. The second kappa shape index (κ2) is 9.28. The van der Waals surface area contributed by atoms with Gasteiger partial charge in [0.1, 0.15) is 11.4 Å². The molecule has 1 saturated heterocycles. The van der Waals surface area contributed by atoms with Crippen molar-refractivity contribution >= 4 is 6.08 Å². The van der Waals surface area contributed by atoms with Crippen molar-refractivity contribution in [2.45, 2.75) is 45.6 Å². The maximum absolute atomic E-state index is 13.7. The van der Waals surface area contributed by atoms with E-state index in [4.69, 9.17) is 4.74 Å². The summed E-state index contributed by atoms with van der Waals surface area (Å²) in [5.41, 5.74) is 1.36. The van der Waals surface area contributed by atoms with E-state index in [9.17, 15) is 4.39 Å². The molecule has 2 heterocycles. The highest BCUT2D eigenvalue weighted by atomic mass is 19.1. The van der Waals surface area contributed by atoms with Gasteiger partial charge < -0.3 is 9.64 Å². The van der Waals surface area contributed by atoms with Gasteiger partial charge in [-0.15, -0.1) is 0 Å². The minimum atomic E-state index is -0.272. The molecular weight excluding hydrogens is 353 g/mol. The smallest absolute Gasteiger partial charge is 0.233 e. The maximum atomic E-state index is 13.7. The number of aromatic nitrogens is 2. The minimum absolute atomic E-state index is 0.157. The zero-order chi connectivity index (χ0) is 20.0. The van der Waals surface area contributed by atoms with Gasteiger partial charge in [-0.1, -0.05) is 30.4 Å². The number of benzene rings is 1. The van der Waals surface area contributed by atoms with Crippen LogP contribution < -0.4 is 4.74 Å². The lowest BCUT2D eigenvalue weighted by Crippen LogP contribution is -2.34. The molecule has 28 heavy (non-hydrogen) atoms. The molecule has 1 aliphatic heterocycles. The van der Waals surface area contributed by atoms with Crippen molar-refractivity contribution in [3.05, 3.63) is 59.8 Å². The summed E-state index contributed by atoms with van der Waals surface area (Å²) in [5.74, 6) is 0.941. The molecule has 1 aliphatic rings. The Balaban J connectivity index is 1.45. The van der Waals surface area contributed by atoms with Crippen molar-refractivity contribution in [3.63, 3.8) is 0 Å². The number of hydrogen-bond acceptors (Lipinski definition) is 4. The molecule has 1 fully saturated rings. The summed E-state index contributed by atoms with van der Waals surface area (Å²) >= 11 is 0. The first-order valence-corrected chi connectivity index (χ1v) is 10.0. The maximum Gasteiger partial charge on any atom is 0.233 e. The van der Waals surface area contributed by atoms with Crippen molar-refractivity contribution in [1.82, 2.24) is 14.9 Å². The third-order valence-electron chi connectivity index (χ3n) is 4.84. The first-order chi connectivity index (χ1) is 13.4. The monoisotopic (exact) mass is 383 g/mol. The predicted octanol–water partition coefficient (Wildman–Crippen LogP) is 4.76. The largest absolute Gasteiger partial charge is 0.471 e. The minimum Gasteiger partial charge on any atom is -0.471 e. The van der Waals surface area contributed by atoms with Crippen LogP contribution in [-0.4, -0.2) is 40.1 Å². The molecule has 150 valence electrons. The summed E-state index contributed by atoms with van der Waals surface area (Å²) in [6, 6.07) is 6.92. The van der Waals surface area contributed by atoms with Crippen LogP contribution in [0.15, 0.2) is 42.7 Å². The van der Waals surface area contributed by atoms with Crippen LogP contribution >= 0.6 is 0 Å².